The molecule has 0 unspecified atom stereocenters. The zero-order valence-electron chi connectivity index (χ0n) is 8.96. The normalized spacial score (nSPS) is 12.5. The van der Waals surface area contributed by atoms with Gasteiger partial charge in [0, 0.05) is 19.8 Å². The molecule has 13 heavy (non-hydrogen) atoms. The van der Waals surface area contributed by atoms with Crippen molar-refractivity contribution in [1.29, 1.82) is 5.26 Å². The van der Waals surface area contributed by atoms with Gasteiger partial charge in [-0.05, 0) is 19.4 Å². The quantitative estimate of drug-likeness (QED) is 0.489. The minimum absolute atomic E-state index is 0.749. The Morgan fingerprint density at radius 2 is 2.08 bits per heavy atom. The lowest BCUT2D eigenvalue weighted by Crippen LogP contribution is -2.09. The maximum atomic E-state index is 8.86. The van der Waals surface area contributed by atoms with Gasteiger partial charge < -0.3 is 4.90 Å². The number of hydrogen-bond acceptors (Lipinski definition) is 2. The van der Waals surface area contributed by atoms with Crippen molar-refractivity contribution in [2.45, 2.75) is 26.7 Å². The van der Waals surface area contributed by atoms with Crippen LogP contribution in [0.25, 0.3) is 0 Å². The fraction of sp³-hybridized carbons (Fsp3) is 0.545. The Morgan fingerprint density at radius 3 is 2.46 bits per heavy atom. The summed E-state index contributed by atoms with van der Waals surface area (Å²) in [6, 6.07) is 2.19. The third-order valence-electron chi connectivity index (χ3n) is 1.92. The molecule has 0 aliphatic heterocycles. The van der Waals surface area contributed by atoms with Gasteiger partial charge in [-0.1, -0.05) is 19.4 Å². The Kier molecular flexibility index (Phi) is 5.71. The molecule has 0 fully saturated rings. The first kappa shape index (κ1) is 11.8. The maximum absolute atomic E-state index is 8.86. The molecule has 0 aliphatic rings. The van der Waals surface area contributed by atoms with Crippen LogP contribution < -0.4 is 0 Å². The van der Waals surface area contributed by atoms with Crippen LogP contribution in [0.3, 0.4) is 0 Å². The van der Waals surface area contributed by atoms with E-state index in [0.717, 1.165) is 24.1 Å². The topological polar surface area (TPSA) is 27.0 Å². The summed E-state index contributed by atoms with van der Waals surface area (Å²) in [6.45, 7) is 4.08. The molecule has 0 aromatic rings. The highest BCUT2D eigenvalue weighted by Gasteiger charge is 1.98. The summed E-state index contributed by atoms with van der Waals surface area (Å²) in [5, 5.41) is 8.86. The fourth-order valence-corrected chi connectivity index (χ4v) is 0.848. The van der Waals surface area contributed by atoms with E-state index in [4.69, 9.17) is 5.26 Å². The number of unbranched alkanes of at least 4 members (excludes halogenated alkanes) is 1. The van der Waals surface area contributed by atoms with Gasteiger partial charge in [-0.25, -0.2) is 0 Å². The maximum Gasteiger partial charge on any atom is 0.101 e. The molecule has 0 aromatic carbocycles. The number of nitriles is 1. The Labute approximate surface area is 81.2 Å². The summed E-state index contributed by atoms with van der Waals surface area (Å²) in [5.41, 5.74) is 1.76. The number of allylic oxidation sites excluding steroid dienone is 4. The Balaban J connectivity index is 4.52. The summed E-state index contributed by atoms with van der Waals surface area (Å²) >= 11 is 0. The lowest BCUT2D eigenvalue weighted by molar-refractivity contribution is 0.511. The van der Waals surface area contributed by atoms with Crippen molar-refractivity contribution in [3.63, 3.8) is 0 Å². The van der Waals surface area contributed by atoms with Crippen molar-refractivity contribution in [3.05, 3.63) is 23.4 Å². The van der Waals surface area contributed by atoms with Gasteiger partial charge in [-0.15, -0.1) is 0 Å². The second-order valence-corrected chi connectivity index (χ2v) is 3.20. The van der Waals surface area contributed by atoms with Crippen molar-refractivity contribution in [2.75, 3.05) is 14.1 Å². The lowest BCUT2D eigenvalue weighted by atomic mass is 10.2. The Morgan fingerprint density at radius 1 is 1.46 bits per heavy atom. The number of nitrogens with zero attached hydrogens (tertiary/aromatic N) is 2. The molecule has 72 valence electrons. The second-order valence-electron chi connectivity index (χ2n) is 3.20. The number of rotatable bonds is 4. The largest absolute Gasteiger partial charge is 0.380 e. The van der Waals surface area contributed by atoms with Crippen LogP contribution in [0.2, 0.25) is 0 Å². The van der Waals surface area contributed by atoms with Crippen LogP contribution in [0.1, 0.15) is 26.7 Å². The zero-order chi connectivity index (χ0) is 10.3. The van der Waals surface area contributed by atoms with Crippen LogP contribution in [0.4, 0.5) is 0 Å². The predicted octanol–water partition coefficient (Wildman–Crippen LogP) is 2.70. The van der Waals surface area contributed by atoms with Crippen molar-refractivity contribution in [3.8, 4) is 6.07 Å². The number of hydrogen-bond donors (Lipinski definition) is 0. The van der Waals surface area contributed by atoms with Crippen molar-refractivity contribution in [1.82, 2.24) is 4.90 Å². The predicted molar refractivity (Wildman–Crippen MR) is 56.0 cm³/mol. The summed E-state index contributed by atoms with van der Waals surface area (Å²) < 4.78 is 0. The van der Waals surface area contributed by atoms with E-state index >= 15 is 0 Å². The molecule has 0 heterocycles. The van der Waals surface area contributed by atoms with E-state index in [9.17, 15) is 0 Å². The molecule has 0 saturated heterocycles. The highest BCUT2D eigenvalue weighted by atomic mass is 15.1. The van der Waals surface area contributed by atoms with Gasteiger partial charge in [0.2, 0.25) is 0 Å². The van der Waals surface area contributed by atoms with Crippen LogP contribution in [-0.2, 0) is 0 Å². The molecule has 2 heteroatoms. The molecule has 0 atom stereocenters. The van der Waals surface area contributed by atoms with Gasteiger partial charge in [-0.2, -0.15) is 5.26 Å². The van der Waals surface area contributed by atoms with Gasteiger partial charge in [0.15, 0.2) is 0 Å². The zero-order valence-corrected chi connectivity index (χ0v) is 8.96. The molecule has 0 rings (SSSR count). The molecule has 0 amide bonds. The van der Waals surface area contributed by atoms with Gasteiger partial charge >= 0.3 is 0 Å². The van der Waals surface area contributed by atoms with Crippen molar-refractivity contribution in [2.24, 2.45) is 0 Å². The molecular weight excluding hydrogens is 160 g/mol. The molecule has 2 nitrogen and oxygen atoms in total. The third kappa shape index (κ3) is 4.37. The van der Waals surface area contributed by atoms with Crippen LogP contribution in [0, 0.1) is 11.3 Å². The summed E-state index contributed by atoms with van der Waals surface area (Å²) in [6.07, 6.45) is 6.10. The monoisotopic (exact) mass is 178 g/mol. The Bertz CT molecular complexity index is 241. The van der Waals surface area contributed by atoms with E-state index in [1.54, 1.807) is 0 Å². The first-order valence-electron chi connectivity index (χ1n) is 4.58. The smallest absolute Gasteiger partial charge is 0.101 e. The highest BCUT2D eigenvalue weighted by molar-refractivity contribution is 5.36. The summed E-state index contributed by atoms with van der Waals surface area (Å²) in [5.74, 6) is 0. The molecule has 0 bridgehead atoms. The standard InChI is InChI=1S/C11H18N2/c1-5-6-7-8-11(9-12)10(2)13(3)4/h7-8H,5-6H2,1-4H3/b8-7+,11-10+. The van der Waals surface area contributed by atoms with Crippen LogP contribution in [0.5, 0.6) is 0 Å². The molecule has 0 saturated carbocycles. The molecule has 0 aromatic heterocycles. The lowest BCUT2D eigenvalue weighted by Gasteiger charge is -2.13. The average molecular weight is 178 g/mol. The highest BCUT2D eigenvalue weighted by Crippen LogP contribution is 2.07. The first-order valence-corrected chi connectivity index (χ1v) is 4.58. The van der Waals surface area contributed by atoms with Gasteiger partial charge in [-0.3, -0.25) is 0 Å². The molecule has 0 spiro atoms. The van der Waals surface area contributed by atoms with Gasteiger partial charge in [0.05, 0.1) is 5.57 Å². The van der Waals surface area contributed by atoms with E-state index in [1.165, 1.54) is 0 Å². The van der Waals surface area contributed by atoms with Crippen LogP contribution in [0.15, 0.2) is 23.4 Å². The third-order valence-corrected chi connectivity index (χ3v) is 1.92. The van der Waals surface area contributed by atoms with E-state index < -0.39 is 0 Å². The molecule has 0 aliphatic carbocycles. The van der Waals surface area contributed by atoms with Crippen LogP contribution >= 0.6 is 0 Å². The SMILES string of the molecule is CCC/C=C/C(C#N)=C(/C)N(C)C. The first-order chi connectivity index (χ1) is 6.13. The van der Waals surface area contributed by atoms with Gasteiger partial charge in [0.25, 0.3) is 0 Å². The van der Waals surface area contributed by atoms with E-state index in [1.807, 2.05) is 38.1 Å². The molecule has 0 N–H and O–H groups in total. The minimum atomic E-state index is 0.749. The minimum Gasteiger partial charge on any atom is -0.380 e. The second kappa shape index (κ2) is 6.30. The average Bonchev–Trinajstić information content (AvgIpc) is 2.11. The fourth-order valence-electron chi connectivity index (χ4n) is 0.848. The molecular formula is C11H18N2. The van der Waals surface area contributed by atoms with Crippen molar-refractivity contribution >= 4 is 0 Å². The van der Waals surface area contributed by atoms with E-state index in [-0.39, 0.29) is 0 Å². The van der Waals surface area contributed by atoms with Crippen molar-refractivity contribution < 1.29 is 0 Å². The van der Waals surface area contributed by atoms with Gasteiger partial charge in [0.1, 0.15) is 6.07 Å². The van der Waals surface area contributed by atoms with E-state index in [0.29, 0.717) is 0 Å². The summed E-state index contributed by atoms with van der Waals surface area (Å²) in [7, 11) is 3.89. The molecule has 0 radical (unpaired) electrons. The Hall–Kier alpha value is -1.23. The van der Waals surface area contributed by atoms with E-state index in [2.05, 4.69) is 13.0 Å². The van der Waals surface area contributed by atoms with Crippen LogP contribution in [-0.4, -0.2) is 19.0 Å². The summed E-state index contributed by atoms with van der Waals surface area (Å²) in [4.78, 5) is 1.95.